The number of benzene rings is 3. The first kappa shape index (κ1) is 30.9. The standard InChI is InChI=1S/C12H7F2N4.C11H6F2N.C8H7.Ir/c13-9-7-10(14)12(18-6-2-4-16-18)8-11(9)17-5-1-3-15-17;12-8-4-5-9(10(13)7-8)11-3-1-2-6-14-11;1-2-8-6-4-3-5-7-8;/h1-7H;1-4,6-7H;1-7H;/q3*-1;+3. The molecule has 6 aromatic rings. The van der Waals surface area contributed by atoms with Crippen molar-refractivity contribution in [1.29, 1.82) is 0 Å². The quantitative estimate of drug-likeness (QED) is 0.144. The van der Waals surface area contributed by atoms with Gasteiger partial charge in [0, 0.05) is 54.3 Å². The van der Waals surface area contributed by atoms with Gasteiger partial charge in [-0.15, -0.1) is 30.3 Å². The molecule has 0 unspecified atom stereocenters. The molecule has 0 bridgehead atoms. The zero-order chi connectivity index (χ0) is 28.3. The molecule has 6 rings (SSSR count). The van der Waals surface area contributed by atoms with E-state index in [0.717, 1.165) is 23.8 Å². The van der Waals surface area contributed by atoms with Crippen molar-refractivity contribution in [3.05, 3.63) is 157 Å². The molecular formula is C31H20F4IrN5. The monoisotopic (exact) mass is 731 g/mol. The molecule has 3 aromatic heterocycles. The van der Waals surface area contributed by atoms with Crippen molar-refractivity contribution in [3.8, 4) is 22.6 Å². The van der Waals surface area contributed by atoms with E-state index >= 15 is 0 Å². The number of nitrogens with zero attached hydrogens (tertiary/aromatic N) is 5. The first-order valence-electron chi connectivity index (χ1n) is 11.8. The summed E-state index contributed by atoms with van der Waals surface area (Å²) >= 11 is 0. The van der Waals surface area contributed by atoms with Crippen LogP contribution in [-0.2, 0) is 20.1 Å². The Morgan fingerprint density at radius 1 is 0.707 bits per heavy atom. The molecular weight excluding hydrogens is 711 g/mol. The van der Waals surface area contributed by atoms with E-state index in [9.17, 15) is 17.6 Å². The fourth-order valence-corrected chi connectivity index (χ4v) is 3.33. The molecule has 3 aromatic carbocycles. The topological polar surface area (TPSA) is 48.5 Å². The Hall–Kier alpha value is -4.66. The zero-order valence-electron chi connectivity index (χ0n) is 21.1. The first-order chi connectivity index (χ1) is 19.5. The maximum Gasteiger partial charge on any atom is 3.00 e. The summed E-state index contributed by atoms with van der Waals surface area (Å²) in [5.41, 5.74) is 1.79. The second-order valence-corrected chi connectivity index (χ2v) is 7.90. The summed E-state index contributed by atoms with van der Waals surface area (Å²) in [5.74, 6) is -2.75. The van der Waals surface area contributed by atoms with Crippen molar-refractivity contribution in [2.24, 2.45) is 0 Å². The van der Waals surface area contributed by atoms with Gasteiger partial charge in [0.1, 0.15) is 0 Å². The molecule has 0 N–H and O–H groups in total. The van der Waals surface area contributed by atoms with Gasteiger partial charge in [-0.2, -0.15) is 15.8 Å². The number of hydrogen-bond acceptors (Lipinski definition) is 3. The molecule has 0 radical (unpaired) electrons. The number of aromatic nitrogens is 5. The predicted octanol–water partition coefficient (Wildman–Crippen LogP) is 7.09. The summed E-state index contributed by atoms with van der Waals surface area (Å²) in [6, 6.07) is 26.0. The number of halogens is 4. The SMILES string of the molecule is Fc1c[c-]c(-c2ccccn2)c(F)c1.Fc1cc(F)c(-n2cccn2)[c-]c1-n1cccn1.[CH-]=Cc1ccccc1.[Ir+3]. The van der Waals surface area contributed by atoms with Gasteiger partial charge in [0.25, 0.3) is 0 Å². The van der Waals surface area contributed by atoms with Crippen molar-refractivity contribution in [1.82, 2.24) is 24.5 Å². The minimum atomic E-state index is -0.730. The van der Waals surface area contributed by atoms with Crippen LogP contribution in [0.5, 0.6) is 0 Å². The number of pyridine rings is 1. The van der Waals surface area contributed by atoms with Crippen LogP contribution < -0.4 is 0 Å². The largest absolute Gasteiger partial charge is 3.00 e. The molecule has 0 fully saturated rings. The van der Waals surface area contributed by atoms with Gasteiger partial charge in [-0.25, -0.2) is 6.08 Å². The van der Waals surface area contributed by atoms with Crippen molar-refractivity contribution in [2.45, 2.75) is 0 Å². The maximum atomic E-state index is 13.7. The van der Waals surface area contributed by atoms with Gasteiger partial charge in [0.15, 0.2) is 0 Å². The summed E-state index contributed by atoms with van der Waals surface area (Å²) < 4.78 is 55.7. The molecule has 206 valence electrons. The van der Waals surface area contributed by atoms with Gasteiger partial charge < -0.3 is 4.98 Å². The molecule has 0 aliphatic rings. The van der Waals surface area contributed by atoms with E-state index in [0.29, 0.717) is 5.69 Å². The van der Waals surface area contributed by atoms with Crippen LogP contribution in [0.2, 0.25) is 0 Å². The van der Waals surface area contributed by atoms with Gasteiger partial charge in [0.2, 0.25) is 0 Å². The number of hydrogen-bond donors (Lipinski definition) is 0. The van der Waals surface area contributed by atoms with E-state index in [1.807, 2.05) is 30.3 Å². The Labute approximate surface area is 247 Å². The fourth-order valence-electron chi connectivity index (χ4n) is 3.33. The third-order valence-corrected chi connectivity index (χ3v) is 5.18. The van der Waals surface area contributed by atoms with Gasteiger partial charge in [-0.3, -0.25) is 33.5 Å². The van der Waals surface area contributed by atoms with E-state index in [1.54, 1.807) is 55.0 Å². The summed E-state index contributed by atoms with van der Waals surface area (Å²) in [7, 11) is 0. The summed E-state index contributed by atoms with van der Waals surface area (Å²) in [6.45, 7) is 5.22. The van der Waals surface area contributed by atoms with E-state index in [1.165, 1.54) is 21.8 Å². The van der Waals surface area contributed by atoms with Gasteiger partial charge >= 0.3 is 20.1 Å². The van der Waals surface area contributed by atoms with Crippen LogP contribution >= 0.6 is 0 Å². The average molecular weight is 731 g/mol. The second kappa shape index (κ2) is 15.2. The van der Waals surface area contributed by atoms with Gasteiger partial charge in [0.05, 0.1) is 0 Å². The van der Waals surface area contributed by atoms with Crippen molar-refractivity contribution >= 4 is 6.08 Å². The van der Waals surface area contributed by atoms with E-state index in [2.05, 4.69) is 27.3 Å². The summed E-state index contributed by atoms with van der Waals surface area (Å²) in [5, 5.41) is 7.79. The van der Waals surface area contributed by atoms with Crippen LogP contribution in [0.25, 0.3) is 28.7 Å². The Kier molecular flexibility index (Phi) is 11.5. The minimum Gasteiger partial charge on any atom is -0.305 e. The zero-order valence-corrected chi connectivity index (χ0v) is 23.5. The fraction of sp³-hybridized carbons (Fsp3) is 0. The molecule has 0 amide bonds. The van der Waals surface area contributed by atoms with Crippen LogP contribution in [0.15, 0.2) is 110 Å². The smallest absolute Gasteiger partial charge is 0.305 e. The average Bonchev–Trinajstić information content (AvgIpc) is 3.70. The maximum absolute atomic E-state index is 13.7. The molecule has 0 atom stereocenters. The van der Waals surface area contributed by atoms with E-state index in [-0.39, 0.29) is 37.0 Å². The second-order valence-electron chi connectivity index (χ2n) is 7.90. The van der Waals surface area contributed by atoms with Crippen molar-refractivity contribution < 1.29 is 37.7 Å². The molecule has 5 nitrogen and oxygen atoms in total. The predicted molar refractivity (Wildman–Crippen MR) is 143 cm³/mol. The number of rotatable bonds is 4. The Bertz CT molecular complexity index is 1590. The van der Waals surface area contributed by atoms with Gasteiger partial charge in [-0.1, -0.05) is 48.0 Å². The molecule has 0 aliphatic heterocycles. The molecule has 41 heavy (non-hydrogen) atoms. The Morgan fingerprint density at radius 2 is 1.32 bits per heavy atom. The van der Waals surface area contributed by atoms with Gasteiger partial charge in [-0.05, 0) is 35.3 Å². The molecule has 0 saturated carbocycles. The van der Waals surface area contributed by atoms with Crippen molar-refractivity contribution in [2.75, 3.05) is 0 Å². The van der Waals surface area contributed by atoms with Crippen LogP contribution in [0.3, 0.4) is 0 Å². The molecule has 0 aliphatic carbocycles. The summed E-state index contributed by atoms with van der Waals surface area (Å²) in [6.07, 6.45) is 9.25. The minimum absolute atomic E-state index is 0. The molecule has 0 spiro atoms. The van der Waals surface area contributed by atoms with Crippen LogP contribution in [0, 0.1) is 42.0 Å². The molecule has 10 heteroatoms. The van der Waals surface area contributed by atoms with Crippen molar-refractivity contribution in [3.63, 3.8) is 0 Å². The Balaban J connectivity index is 0.000000179. The van der Waals surface area contributed by atoms with Crippen LogP contribution in [0.1, 0.15) is 5.56 Å². The van der Waals surface area contributed by atoms with E-state index < -0.39 is 23.3 Å². The van der Waals surface area contributed by atoms with Crippen LogP contribution in [-0.4, -0.2) is 24.5 Å². The molecule has 0 saturated heterocycles. The summed E-state index contributed by atoms with van der Waals surface area (Å²) in [4.78, 5) is 3.95. The van der Waals surface area contributed by atoms with Crippen LogP contribution in [0.4, 0.5) is 17.6 Å². The Morgan fingerprint density at radius 3 is 1.78 bits per heavy atom. The third kappa shape index (κ3) is 8.41. The third-order valence-electron chi connectivity index (χ3n) is 5.18. The van der Waals surface area contributed by atoms with E-state index in [4.69, 9.17) is 6.58 Å². The molecule has 3 heterocycles. The first-order valence-corrected chi connectivity index (χ1v) is 11.8. The normalized spacial score (nSPS) is 9.85.